The summed E-state index contributed by atoms with van der Waals surface area (Å²) >= 11 is 0. The monoisotopic (exact) mass is 140 g/mol. The van der Waals surface area contributed by atoms with Gasteiger partial charge in [0.05, 0.1) is 12.2 Å². The Balaban J connectivity index is 2.08. The first-order valence-corrected chi connectivity index (χ1v) is 3.93. The lowest BCUT2D eigenvalue weighted by Crippen LogP contribution is -2.22. The number of fused-ring (bicyclic) bond motifs is 2. The van der Waals surface area contributed by atoms with Crippen molar-refractivity contribution in [3.63, 3.8) is 0 Å². The van der Waals surface area contributed by atoms with Crippen molar-refractivity contribution >= 4 is 5.78 Å². The maximum atomic E-state index is 11.0. The van der Waals surface area contributed by atoms with Crippen LogP contribution in [0.1, 0.15) is 26.2 Å². The van der Waals surface area contributed by atoms with Crippen molar-refractivity contribution in [2.75, 3.05) is 0 Å². The van der Waals surface area contributed by atoms with Gasteiger partial charge in [-0.05, 0) is 26.2 Å². The highest BCUT2D eigenvalue weighted by Gasteiger charge is 2.42. The number of hydrogen-bond acceptors (Lipinski definition) is 2. The summed E-state index contributed by atoms with van der Waals surface area (Å²) in [4.78, 5) is 11.0. The van der Waals surface area contributed by atoms with Gasteiger partial charge in [0.1, 0.15) is 5.78 Å². The molecule has 2 rings (SSSR count). The van der Waals surface area contributed by atoms with Crippen LogP contribution in [0, 0.1) is 5.92 Å². The molecule has 0 aromatic carbocycles. The molecule has 0 unspecified atom stereocenters. The van der Waals surface area contributed by atoms with Crippen molar-refractivity contribution in [3.05, 3.63) is 0 Å². The number of ketones is 1. The predicted octanol–water partition coefficient (Wildman–Crippen LogP) is 1.14. The summed E-state index contributed by atoms with van der Waals surface area (Å²) < 4.78 is 5.53. The molecule has 0 aromatic rings. The number of carbonyl (C=O) groups excluding carboxylic acids is 1. The van der Waals surface area contributed by atoms with Crippen LogP contribution in [0.25, 0.3) is 0 Å². The lowest BCUT2D eigenvalue weighted by Gasteiger charge is -2.14. The predicted molar refractivity (Wildman–Crippen MR) is 36.7 cm³/mol. The Kier molecular flexibility index (Phi) is 1.31. The quantitative estimate of drug-likeness (QED) is 0.546. The first kappa shape index (κ1) is 6.35. The van der Waals surface area contributed by atoms with Gasteiger partial charge in [0.2, 0.25) is 0 Å². The van der Waals surface area contributed by atoms with Crippen molar-refractivity contribution in [1.82, 2.24) is 0 Å². The molecular weight excluding hydrogens is 128 g/mol. The van der Waals surface area contributed by atoms with E-state index in [2.05, 4.69) is 0 Å². The Bertz CT molecular complexity index is 165. The van der Waals surface area contributed by atoms with Gasteiger partial charge in [-0.25, -0.2) is 0 Å². The normalized spacial score (nSPS) is 44.3. The molecule has 0 aliphatic carbocycles. The van der Waals surface area contributed by atoms with Crippen molar-refractivity contribution < 1.29 is 9.53 Å². The fraction of sp³-hybridized carbons (Fsp3) is 0.875. The lowest BCUT2D eigenvalue weighted by atomic mass is 9.87. The second-order valence-electron chi connectivity index (χ2n) is 3.33. The number of rotatable bonds is 1. The Morgan fingerprint density at radius 2 is 2.30 bits per heavy atom. The number of ether oxygens (including phenoxy) is 1. The molecule has 2 aliphatic rings. The van der Waals surface area contributed by atoms with Gasteiger partial charge in [-0.3, -0.25) is 4.79 Å². The van der Waals surface area contributed by atoms with Crippen LogP contribution in [0.5, 0.6) is 0 Å². The van der Waals surface area contributed by atoms with E-state index >= 15 is 0 Å². The van der Waals surface area contributed by atoms with Gasteiger partial charge in [0.15, 0.2) is 0 Å². The zero-order valence-electron chi connectivity index (χ0n) is 6.17. The minimum Gasteiger partial charge on any atom is -0.374 e. The minimum atomic E-state index is 0.235. The van der Waals surface area contributed by atoms with Gasteiger partial charge in [-0.2, -0.15) is 0 Å². The topological polar surface area (TPSA) is 26.3 Å². The maximum absolute atomic E-state index is 11.0. The Morgan fingerprint density at radius 1 is 1.50 bits per heavy atom. The van der Waals surface area contributed by atoms with E-state index in [0.717, 1.165) is 12.8 Å². The van der Waals surface area contributed by atoms with E-state index in [9.17, 15) is 4.79 Å². The molecule has 2 nitrogen and oxygen atoms in total. The largest absolute Gasteiger partial charge is 0.374 e. The SMILES string of the molecule is CC(=O)[C@H]1C[C@H]2CC[C@@H]1O2. The van der Waals surface area contributed by atoms with E-state index in [0.29, 0.717) is 11.9 Å². The van der Waals surface area contributed by atoms with Crippen molar-refractivity contribution in [1.29, 1.82) is 0 Å². The second kappa shape index (κ2) is 2.06. The highest BCUT2D eigenvalue weighted by Crippen LogP contribution is 2.38. The Hall–Kier alpha value is -0.370. The molecule has 56 valence electrons. The molecule has 10 heavy (non-hydrogen) atoms. The molecule has 2 heteroatoms. The Morgan fingerprint density at radius 3 is 2.60 bits per heavy atom. The fourth-order valence-electron chi connectivity index (χ4n) is 2.07. The molecule has 0 spiro atoms. The fourth-order valence-corrected chi connectivity index (χ4v) is 2.07. The smallest absolute Gasteiger partial charge is 0.135 e. The van der Waals surface area contributed by atoms with E-state index in [-0.39, 0.29) is 12.0 Å². The zero-order valence-corrected chi connectivity index (χ0v) is 6.17. The average Bonchev–Trinajstić information content (AvgIpc) is 2.44. The second-order valence-corrected chi connectivity index (χ2v) is 3.33. The van der Waals surface area contributed by atoms with Gasteiger partial charge in [0.25, 0.3) is 0 Å². The molecule has 0 saturated carbocycles. The van der Waals surface area contributed by atoms with Crippen LogP contribution in [0.15, 0.2) is 0 Å². The standard InChI is InChI=1S/C8H12O2/c1-5(9)7-4-6-2-3-8(7)10-6/h6-8H,2-4H2,1H3/t6-,7-,8+/m1/s1. The summed E-state index contributed by atoms with van der Waals surface area (Å²) in [6.07, 6.45) is 3.96. The molecule has 2 aliphatic heterocycles. The number of carbonyl (C=O) groups is 1. The van der Waals surface area contributed by atoms with Gasteiger partial charge < -0.3 is 4.74 Å². The van der Waals surface area contributed by atoms with Crippen LogP contribution >= 0.6 is 0 Å². The highest BCUT2D eigenvalue weighted by molar-refractivity contribution is 5.79. The summed E-state index contributed by atoms with van der Waals surface area (Å²) in [6, 6.07) is 0. The van der Waals surface area contributed by atoms with Crippen LogP contribution in [0.3, 0.4) is 0 Å². The molecule has 0 radical (unpaired) electrons. The molecule has 2 saturated heterocycles. The third-order valence-corrected chi connectivity index (χ3v) is 2.63. The highest BCUT2D eigenvalue weighted by atomic mass is 16.5. The molecule has 2 bridgehead atoms. The Labute approximate surface area is 60.6 Å². The maximum Gasteiger partial charge on any atom is 0.135 e. The van der Waals surface area contributed by atoms with Crippen LogP contribution in [0.4, 0.5) is 0 Å². The number of hydrogen-bond donors (Lipinski definition) is 0. The van der Waals surface area contributed by atoms with E-state index in [4.69, 9.17) is 4.74 Å². The third-order valence-electron chi connectivity index (χ3n) is 2.63. The molecule has 0 amide bonds. The zero-order chi connectivity index (χ0) is 7.14. The summed E-state index contributed by atoms with van der Waals surface area (Å²) in [6.45, 7) is 1.68. The molecule has 3 atom stereocenters. The third kappa shape index (κ3) is 0.788. The van der Waals surface area contributed by atoms with Gasteiger partial charge in [0, 0.05) is 5.92 Å². The molecule has 0 aromatic heterocycles. The van der Waals surface area contributed by atoms with Crippen LogP contribution < -0.4 is 0 Å². The van der Waals surface area contributed by atoms with Crippen LogP contribution in [-0.4, -0.2) is 18.0 Å². The first-order valence-electron chi connectivity index (χ1n) is 3.93. The number of Topliss-reactive ketones (excluding diaryl/α,β-unsaturated/α-hetero) is 1. The van der Waals surface area contributed by atoms with Crippen molar-refractivity contribution in [2.45, 2.75) is 38.4 Å². The average molecular weight is 140 g/mol. The summed E-state index contributed by atoms with van der Waals surface area (Å²) in [5, 5.41) is 0. The van der Waals surface area contributed by atoms with Crippen molar-refractivity contribution in [2.24, 2.45) is 5.92 Å². The molecular formula is C8H12O2. The van der Waals surface area contributed by atoms with E-state index in [1.165, 1.54) is 6.42 Å². The van der Waals surface area contributed by atoms with E-state index in [1.54, 1.807) is 6.92 Å². The summed E-state index contributed by atoms with van der Waals surface area (Å²) in [7, 11) is 0. The summed E-state index contributed by atoms with van der Waals surface area (Å²) in [5.74, 6) is 0.547. The molecule has 2 fully saturated rings. The van der Waals surface area contributed by atoms with Gasteiger partial charge in [-0.15, -0.1) is 0 Å². The molecule has 2 heterocycles. The van der Waals surface area contributed by atoms with Crippen molar-refractivity contribution in [3.8, 4) is 0 Å². The van der Waals surface area contributed by atoms with E-state index < -0.39 is 0 Å². The first-order chi connectivity index (χ1) is 4.77. The minimum absolute atomic E-state index is 0.235. The van der Waals surface area contributed by atoms with Gasteiger partial charge >= 0.3 is 0 Å². The summed E-state index contributed by atoms with van der Waals surface area (Å²) in [5.41, 5.74) is 0. The van der Waals surface area contributed by atoms with Gasteiger partial charge in [-0.1, -0.05) is 0 Å². The van der Waals surface area contributed by atoms with E-state index in [1.807, 2.05) is 0 Å². The van der Waals surface area contributed by atoms with Crippen LogP contribution in [0.2, 0.25) is 0 Å². The van der Waals surface area contributed by atoms with Crippen LogP contribution in [-0.2, 0) is 9.53 Å². The lowest BCUT2D eigenvalue weighted by molar-refractivity contribution is -0.122. The molecule has 0 N–H and O–H groups in total.